The number of nitrogens with zero attached hydrogens (tertiary/aromatic N) is 2. The molecule has 7 nitrogen and oxygen atoms in total. The van der Waals surface area contributed by atoms with E-state index in [-0.39, 0.29) is 18.1 Å². The standard InChI is InChI=1S/C20H18F3N3O4/c21-20(22,23)15-5-1-13(2-6-15)11-25(12-17(27)28)18(29)14-3-7-16(8-4-14)26-10-9-24-19(26)30/h1-8H,9-12H2,(H,24,30)(H,27,28). The number of anilines is 1. The first-order valence-corrected chi connectivity index (χ1v) is 8.98. The van der Waals surface area contributed by atoms with Crippen LogP contribution in [0.1, 0.15) is 21.5 Å². The number of carboxylic acid groups (broad SMARTS) is 1. The SMILES string of the molecule is O=C(O)CN(Cc1ccc(C(F)(F)F)cc1)C(=O)c1ccc(N2CCNC2=O)cc1. The molecule has 0 atom stereocenters. The smallest absolute Gasteiger partial charge is 0.416 e. The van der Waals surface area contributed by atoms with Crippen LogP contribution >= 0.6 is 0 Å². The summed E-state index contributed by atoms with van der Waals surface area (Å²) in [4.78, 5) is 38.2. The maximum absolute atomic E-state index is 12.8. The lowest BCUT2D eigenvalue weighted by atomic mass is 10.1. The Morgan fingerprint density at radius 2 is 1.70 bits per heavy atom. The minimum Gasteiger partial charge on any atom is -0.480 e. The van der Waals surface area contributed by atoms with Crippen LogP contribution in [-0.2, 0) is 17.5 Å². The molecule has 3 amide bonds. The van der Waals surface area contributed by atoms with Crippen molar-refractivity contribution in [3.8, 4) is 0 Å². The quantitative estimate of drug-likeness (QED) is 0.751. The van der Waals surface area contributed by atoms with Gasteiger partial charge in [0.05, 0.1) is 5.56 Å². The van der Waals surface area contributed by atoms with Gasteiger partial charge in [0.15, 0.2) is 0 Å². The lowest BCUT2D eigenvalue weighted by molar-refractivity contribution is -0.138. The van der Waals surface area contributed by atoms with Gasteiger partial charge in [-0.1, -0.05) is 12.1 Å². The lowest BCUT2D eigenvalue weighted by Gasteiger charge is -2.22. The summed E-state index contributed by atoms with van der Waals surface area (Å²) >= 11 is 0. The van der Waals surface area contributed by atoms with Gasteiger partial charge in [-0.2, -0.15) is 13.2 Å². The topological polar surface area (TPSA) is 89.9 Å². The van der Waals surface area contributed by atoms with Crippen LogP contribution < -0.4 is 10.2 Å². The molecule has 2 aromatic rings. The highest BCUT2D eigenvalue weighted by atomic mass is 19.4. The van der Waals surface area contributed by atoms with Crippen LogP contribution in [0.25, 0.3) is 0 Å². The van der Waals surface area contributed by atoms with E-state index in [9.17, 15) is 27.6 Å². The molecule has 0 spiro atoms. The molecule has 158 valence electrons. The van der Waals surface area contributed by atoms with Crippen molar-refractivity contribution < 1.29 is 32.7 Å². The molecule has 1 aliphatic heterocycles. The van der Waals surface area contributed by atoms with Crippen LogP contribution in [0.5, 0.6) is 0 Å². The Morgan fingerprint density at radius 3 is 2.20 bits per heavy atom. The number of urea groups is 1. The molecule has 1 saturated heterocycles. The van der Waals surface area contributed by atoms with Crippen molar-refractivity contribution in [2.45, 2.75) is 12.7 Å². The van der Waals surface area contributed by atoms with E-state index < -0.39 is 30.2 Å². The van der Waals surface area contributed by atoms with Gasteiger partial charge in [-0.05, 0) is 42.0 Å². The Bertz CT molecular complexity index is 943. The molecular formula is C20H18F3N3O4. The number of carbonyl (C=O) groups is 3. The van der Waals surface area contributed by atoms with E-state index >= 15 is 0 Å². The molecule has 1 aliphatic rings. The number of nitrogens with one attached hydrogen (secondary N) is 1. The number of hydrogen-bond acceptors (Lipinski definition) is 3. The van der Waals surface area contributed by atoms with Gasteiger partial charge >= 0.3 is 18.2 Å². The average molecular weight is 421 g/mol. The Kier molecular flexibility index (Phi) is 5.95. The molecule has 0 radical (unpaired) electrons. The van der Waals surface area contributed by atoms with Gasteiger partial charge in [-0.15, -0.1) is 0 Å². The summed E-state index contributed by atoms with van der Waals surface area (Å²) in [6, 6.07) is 10.0. The van der Waals surface area contributed by atoms with E-state index in [0.29, 0.717) is 24.3 Å². The second kappa shape index (κ2) is 8.44. The second-order valence-corrected chi connectivity index (χ2v) is 6.68. The summed E-state index contributed by atoms with van der Waals surface area (Å²) in [6.45, 7) is 0.222. The third kappa shape index (κ3) is 4.88. The Balaban J connectivity index is 1.76. The summed E-state index contributed by atoms with van der Waals surface area (Å²) in [5.74, 6) is -1.84. The predicted molar refractivity (Wildman–Crippen MR) is 101 cm³/mol. The molecule has 1 fully saturated rings. The third-order valence-corrected chi connectivity index (χ3v) is 4.55. The maximum atomic E-state index is 12.8. The van der Waals surface area contributed by atoms with E-state index in [1.807, 2.05) is 0 Å². The maximum Gasteiger partial charge on any atom is 0.416 e. The highest BCUT2D eigenvalue weighted by Crippen LogP contribution is 2.29. The van der Waals surface area contributed by atoms with Gasteiger partial charge in [0.1, 0.15) is 6.54 Å². The fourth-order valence-corrected chi connectivity index (χ4v) is 3.07. The normalized spacial score (nSPS) is 13.8. The molecule has 0 unspecified atom stereocenters. The zero-order valence-electron chi connectivity index (χ0n) is 15.6. The Morgan fingerprint density at radius 1 is 1.07 bits per heavy atom. The van der Waals surface area contributed by atoms with Crippen molar-refractivity contribution >= 4 is 23.6 Å². The van der Waals surface area contributed by atoms with E-state index in [1.54, 1.807) is 12.1 Å². The lowest BCUT2D eigenvalue weighted by Crippen LogP contribution is -2.35. The average Bonchev–Trinajstić information content (AvgIpc) is 3.12. The van der Waals surface area contributed by atoms with Crippen LogP contribution in [-0.4, -0.2) is 47.5 Å². The highest BCUT2D eigenvalue weighted by molar-refractivity contribution is 5.97. The van der Waals surface area contributed by atoms with Crippen LogP contribution in [0.3, 0.4) is 0 Å². The zero-order chi connectivity index (χ0) is 21.9. The number of amides is 3. The van der Waals surface area contributed by atoms with Crippen LogP contribution in [0, 0.1) is 0 Å². The predicted octanol–water partition coefficient (Wildman–Crippen LogP) is 2.96. The van der Waals surface area contributed by atoms with Crippen molar-refractivity contribution in [2.75, 3.05) is 24.5 Å². The Hall–Kier alpha value is -3.56. The molecule has 30 heavy (non-hydrogen) atoms. The van der Waals surface area contributed by atoms with Gasteiger partial charge in [0.2, 0.25) is 0 Å². The molecular weight excluding hydrogens is 403 g/mol. The number of alkyl halides is 3. The van der Waals surface area contributed by atoms with Crippen LogP contribution in [0.2, 0.25) is 0 Å². The van der Waals surface area contributed by atoms with Crippen molar-refractivity contribution in [3.63, 3.8) is 0 Å². The van der Waals surface area contributed by atoms with Gasteiger partial charge in [-0.25, -0.2) is 4.79 Å². The first-order chi connectivity index (χ1) is 14.1. The van der Waals surface area contributed by atoms with E-state index in [1.165, 1.54) is 29.2 Å². The number of benzene rings is 2. The fraction of sp³-hybridized carbons (Fsp3) is 0.250. The molecule has 0 saturated carbocycles. The number of carbonyl (C=O) groups excluding carboxylic acids is 2. The van der Waals surface area contributed by atoms with Gasteiger partial charge in [-0.3, -0.25) is 14.5 Å². The van der Waals surface area contributed by atoms with E-state index in [2.05, 4.69) is 5.32 Å². The van der Waals surface area contributed by atoms with Gasteiger partial charge in [0.25, 0.3) is 5.91 Å². The molecule has 0 bridgehead atoms. The monoisotopic (exact) mass is 421 g/mol. The number of carboxylic acids is 1. The minimum atomic E-state index is -4.48. The molecule has 2 aromatic carbocycles. The highest BCUT2D eigenvalue weighted by Gasteiger charge is 2.30. The third-order valence-electron chi connectivity index (χ3n) is 4.55. The summed E-state index contributed by atoms with van der Waals surface area (Å²) in [6.07, 6.45) is -4.48. The molecule has 0 aliphatic carbocycles. The van der Waals surface area contributed by atoms with Gasteiger partial charge in [0, 0.05) is 30.9 Å². The zero-order valence-corrected chi connectivity index (χ0v) is 15.6. The summed E-state index contributed by atoms with van der Waals surface area (Å²) in [5.41, 5.74) is 0.326. The summed E-state index contributed by atoms with van der Waals surface area (Å²) in [7, 11) is 0. The number of halogens is 3. The van der Waals surface area contributed by atoms with Crippen molar-refractivity contribution in [1.82, 2.24) is 10.2 Å². The molecule has 0 aromatic heterocycles. The van der Waals surface area contributed by atoms with Crippen molar-refractivity contribution in [2.24, 2.45) is 0 Å². The Labute approximate surface area is 169 Å². The number of rotatable bonds is 6. The van der Waals surface area contributed by atoms with Crippen LogP contribution in [0.15, 0.2) is 48.5 Å². The number of hydrogen-bond donors (Lipinski definition) is 2. The first kappa shape index (κ1) is 21.2. The van der Waals surface area contributed by atoms with Gasteiger partial charge < -0.3 is 15.3 Å². The first-order valence-electron chi connectivity index (χ1n) is 8.98. The van der Waals surface area contributed by atoms with E-state index in [0.717, 1.165) is 17.0 Å². The molecule has 3 rings (SSSR count). The molecule has 10 heteroatoms. The summed E-state index contributed by atoms with van der Waals surface area (Å²) in [5, 5.41) is 11.8. The largest absolute Gasteiger partial charge is 0.480 e. The van der Waals surface area contributed by atoms with Crippen LogP contribution in [0.4, 0.5) is 23.7 Å². The summed E-state index contributed by atoms with van der Waals surface area (Å²) < 4.78 is 38.1. The van der Waals surface area contributed by atoms with Crippen molar-refractivity contribution in [3.05, 3.63) is 65.2 Å². The minimum absolute atomic E-state index is 0.167. The fourth-order valence-electron chi connectivity index (χ4n) is 3.07. The number of aliphatic carboxylic acids is 1. The molecule has 2 N–H and O–H groups in total. The van der Waals surface area contributed by atoms with Crippen molar-refractivity contribution in [1.29, 1.82) is 0 Å². The second-order valence-electron chi connectivity index (χ2n) is 6.68. The molecule has 1 heterocycles. The van der Waals surface area contributed by atoms with E-state index in [4.69, 9.17) is 5.11 Å².